The second-order valence-corrected chi connectivity index (χ2v) is 5.59. The molecule has 2 aromatic rings. The molecule has 0 aliphatic rings. The second-order valence-electron chi connectivity index (χ2n) is 4.68. The minimum absolute atomic E-state index is 0.0916. The van der Waals surface area contributed by atoms with E-state index >= 15 is 0 Å². The molecule has 0 aliphatic carbocycles. The Kier molecular flexibility index (Phi) is 5.56. The van der Waals surface area contributed by atoms with Crippen molar-refractivity contribution in [2.75, 3.05) is 13.2 Å². The topological polar surface area (TPSA) is 49.3 Å². The van der Waals surface area contributed by atoms with Crippen molar-refractivity contribution in [1.29, 1.82) is 0 Å². The Morgan fingerprint density at radius 2 is 2.14 bits per heavy atom. The van der Waals surface area contributed by atoms with Gasteiger partial charge in [0, 0.05) is 11.9 Å². The maximum atomic E-state index is 12.1. The van der Waals surface area contributed by atoms with Gasteiger partial charge in [0.2, 0.25) is 0 Å². The Balaban J connectivity index is 1.91. The molecule has 1 unspecified atom stereocenters. The average molecular weight is 299 g/mol. The summed E-state index contributed by atoms with van der Waals surface area (Å²) in [7, 11) is 0. The summed E-state index contributed by atoms with van der Waals surface area (Å²) in [6.45, 7) is 2.51. The maximum absolute atomic E-state index is 12.1. The van der Waals surface area contributed by atoms with E-state index in [0.717, 1.165) is 4.88 Å². The molecule has 4 heteroatoms. The predicted molar refractivity (Wildman–Crippen MR) is 85.5 cm³/mol. The standard InChI is InChI=1S/C17H17NO2S/c1-13(14-6-3-2-4-7-14)11-18-17(20)15-10-16(21-12-15)8-5-9-19/h2-4,6-7,10,12-13,19H,9,11H2,1H3,(H,18,20). The molecule has 0 fully saturated rings. The van der Waals surface area contributed by atoms with Gasteiger partial charge >= 0.3 is 0 Å². The van der Waals surface area contributed by atoms with Crippen molar-refractivity contribution in [2.24, 2.45) is 0 Å². The van der Waals surface area contributed by atoms with Crippen LogP contribution in [0, 0.1) is 11.8 Å². The highest BCUT2D eigenvalue weighted by Crippen LogP contribution is 2.15. The van der Waals surface area contributed by atoms with Crippen LogP contribution in [0.1, 0.15) is 33.6 Å². The molecular weight excluding hydrogens is 282 g/mol. The van der Waals surface area contributed by atoms with Crippen molar-refractivity contribution < 1.29 is 9.90 Å². The fourth-order valence-electron chi connectivity index (χ4n) is 1.89. The number of aliphatic hydroxyl groups excluding tert-OH is 1. The minimum atomic E-state index is -0.173. The quantitative estimate of drug-likeness (QED) is 0.853. The molecule has 1 aromatic heterocycles. The third kappa shape index (κ3) is 4.45. The third-order valence-corrected chi connectivity index (χ3v) is 3.94. The van der Waals surface area contributed by atoms with Crippen LogP contribution in [0.4, 0.5) is 0 Å². The van der Waals surface area contributed by atoms with Crippen LogP contribution >= 0.6 is 11.3 Å². The number of amides is 1. The molecule has 0 saturated heterocycles. The molecule has 0 bridgehead atoms. The lowest BCUT2D eigenvalue weighted by molar-refractivity contribution is 0.0952. The molecule has 108 valence electrons. The Hall–Kier alpha value is -2.09. The van der Waals surface area contributed by atoms with Gasteiger partial charge < -0.3 is 10.4 Å². The van der Waals surface area contributed by atoms with Gasteiger partial charge in [-0.2, -0.15) is 0 Å². The second kappa shape index (κ2) is 7.63. The molecule has 2 N–H and O–H groups in total. The number of benzene rings is 1. The van der Waals surface area contributed by atoms with Crippen LogP contribution in [-0.2, 0) is 0 Å². The lowest BCUT2D eigenvalue weighted by Crippen LogP contribution is -2.27. The number of rotatable bonds is 4. The normalized spacial score (nSPS) is 11.3. The van der Waals surface area contributed by atoms with Gasteiger partial charge in [0.15, 0.2) is 0 Å². The Morgan fingerprint density at radius 1 is 1.38 bits per heavy atom. The SMILES string of the molecule is CC(CNC(=O)c1csc(C#CCO)c1)c1ccccc1. The fourth-order valence-corrected chi connectivity index (χ4v) is 2.65. The van der Waals surface area contributed by atoms with E-state index in [1.165, 1.54) is 16.9 Å². The highest BCUT2D eigenvalue weighted by molar-refractivity contribution is 7.10. The summed E-state index contributed by atoms with van der Waals surface area (Å²) in [5.41, 5.74) is 1.82. The first-order valence-corrected chi connectivity index (χ1v) is 7.60. The van der Waals surface area contributed by atoms with Crippen LogP contribution in [0.5, 0.6) is 0 Å². The monoisotopic (exact) mass is 299 g/mol. The van der Waals surface area contributed by atoms with E-state index in [2.05, 4.69) is 36.2 Å². The number of thiophene rings is 1. The van der Waals surface area contributed by atoms with E-state index < -0.39 is 0 Å². The molecule has 1 heterocycles. The smallest absolute Gasteiger partial charge is 0.252 e. The first-order chi connectivity index (χ1) is 10.2. The number of carbonyl (C=O) groups excluding carboxylic acids is 1. The lowest BCUT2D eigenvalue weighted by atomic mass is 10.0. The summed E-state index contributed by atoms with van der Waals surface area (Å²) < 4.78 is 0. The van der Waals surface area contributed by atoms with E-state index in [9.17, 15) is 4.79 Å². The molecule has 0 aliphatic heterocycles. The van der Waals surface area contributed by atoms with Gasteiger partial charge in [0.1, 0.15) is 6.61 Å². The summed E-state index contributed by atoms with van der Waals surface area (Å²) in [5.74, 6) is 5.55. The van der Waals surface area contributed by atoms with Crippen LogP contribution in [0.2, 0.25) is 0 Å². The van der Waals surface area contributed by atoms with Crippen molar-refractivity contribution >= 4 is 17.2 Å². The maximum Gasteiger partial charge on any atom is 0.252 e. The summed E-state index contributed by atoms with van der Waals surface area (Å²) in [4.78, 5) is 12.8. The van der Waals surface area contributed by atoms with Crippen LogP contribution in [0.3, 0.4) is 0 Å². The van der Waals surface area contributed by atoms with Gasteiger partial charge in [-0.1, -0.05) is 49.1 Å². The van der Waals surface area contributed by atoms with Crippen LogP contribution < -0.4 is 5.32 Å². The van der Waals surface area contributed by atoms with Gasteiger partial charge in [-0.15, -0.1) is 11.3 Å². The van der Waals surface area contributed by atoms with Crippen molar-refractivity contribution in [2.45, 2.75) is 12.8 Å². The van der Waals surface area contributed by atoms with Crippen molar-refractivity contribution in [1.82, 2.24) is 5.32 Å². The molecule has 1 atom stereocenters. The molecule has 0 saturated carbocycles. The van der Waals surface area contributed by atoms with Gasteiger partial charge in [-0.05, 0) is 17.5 Å². The molecule has 1 amide bonds. The first kappa shape index (κ1) is 15.3. The highest BCUT2D eigenvalue weighted by Gasteiger charge is 2.10. The van der Waals surface area contributed by atoms with Crippen molar-refractivity contribution in [3.63, 3.8) is 0 Å². The summed E-state index contributed by atoms with van der Waals surface area (Å²) in [6.07, 6.45) is 0. The van der Waals surface area contributed by atoms with Gasteiger partial charge in [0.05, 0.1) is 10.4 Å². The van der Waals surface area contributed by atoms with E-state index in [4.69, 9.17) is 5.11 Å². The molecule has 2 rings (SSSR count). The van der Waals surface area contributed by atoms with Gasteiger partial charge in [-0.3, -0.25) is 4.79 Å². The summed E-state index contributed by atoms with van der Waals surface area (Å²) in [5, 5.41) is 13.4. The van der Waals surface area contributed by atoms with Crippen LogP contribution in [0.25, 0.3) is 0 Å². The number of aliphatic hydroxyl groups is 1. The Morgan fingerprint density at radius 3 is 2.86 bits per heavy atom. The molecule has 0 radical (unpaired) electrons. The average Bonchev–Trinajstić information content (AvgIpc) is 3.00. The van der Waals surface area contributed by atoms with Crippen molar-refractivity contribution in [3.05, 3.63) is 57.8 Å². The number of nitrogens with one attached hydrogen (secondary N) is 1. The van der Waals surface area contributed by atoms with Crippen molar-refractivity contribution in [3.8, 4) is 11.8 Å². The van der Waals surface area contributed by atoms with E-state index in [-0.39, 0.29) is 18.4 Å². The van der Waals surface area contributed by atoms with E-state index in [1.54, 1.807) is 11.4 Å². The predicted octanol–water partition coefficient (Wildman–Crippen LogP) is 2.63. The van der Waals surface area contributed by atoms with E-state index in [1.807, 2.05) is 18.2 Å². The fraction of sp³-hybridized carbons (Fsp3) is 0.235. The van der Waals surface area contributed by atoms with Gasteiger partial charge in [-0.25, -0.2) is 0 Å². The summed E-state index contributed by atoms with van der Waals surface area (Å²) >= 11 is 1.40. The number of hydrogen-bond acceptors (Lipinski definition) is 3. The largest absolute Gasteiger partial charge is 0.384 e. The molecule has 0 spiro atoms. The third-order valence-electron chi connectivity index (χ3n) is 3.09. The van der Waals surface area contributed by atoms with Gasteiger partial charge in [0.25, 0.3) is 5.91 Å². The zero-order valence-electron chi connectivity index (χ0n) is 11.8. The molecule has 1 aromatic carbocycles. The summed E-state index contributed by atoms with van der Waals surface area (Å²) in [6, 6.07) is 11.8. The molecule has 21 heavy (non-hydrogen) atoms. The number of carbonyl (C=O) groups is 1. The minimum Gasteiger partial charge on any atom is -0.384 e. The van der Waals surface area contributed by atoms with E-state index in [0.29, 0.717) is 12.1 Å². The first-order valence-electron chi connectivity index (χ1n) is 6.72. The highest BCUT2D eigenvalue weighted by atomic mass is 32.1. The lowest BCUT2D eigenvalue weighted by Gasteiger charge is -2.12. The number of hydrogen-bond donors (Lipinski definition) is 2. The zero-order chi connectivity index (χ0) is 15.1. The molecular formula is C17H17NO2S. The van der Waals surface area contributed by atoms with Crippen LogP contribution in [0.15, 0.2) is 41.8 Å². The van der Waals surface area contributed by atoms with Crippen LogP contribution in [-0.4, -0.2) is 24.2 Å². The Bertz CT molecular complexity index is 652. The molecule has 3 nitrogen and oxygen atoms in total. The zero-order valence-corrected chi connectivity index (χ0v) is 12.6. The Labute approximate surface area is 128 Å².